The van der Waals surface area contributed by atoms with Crippen LogP contribution in [0.1, 0.15) is 55.1 Å². The van der Waals surface area contributed by atoms with Gasteiger partial charge in [0, 0.05) is 23.7 Å². The van der Waals surface area contributed by atoms with Crippen LogP contribution in [0.3, 0.4) is 0 Å². The minimum Gasteiger partial charge on any atom is -0.504 e. The summed E-state index contributed by atoms with van der Waals surface area (Å²) in [6.45, 7) is 7.66. The number of piperidine rings is 1. The molecule has 0 aliphatic carbocycles. The molecule has 1 heterocycles. The van der Waals surface area contributed by atoms with Gasteiger partial charge in [0.2, 0.25) is 9.84 Å². The van der Waals surface area contributed by atoms with Gasteiger partial charge in [0.05, 0.1) is 15.4 Å². The zero-order chi connectivity index (χ0) is 31.5. The summed E-state index contributed by atoms with van der Waals surface area (Å²) < 4.78 is 29.2. The van der Waals surface area contributed by atoms with E-state index in [0.29, 0.717) is 16.5 Å². The third kappa shape index (κ3) is 7.29. The number of hydrogen-bond donors (Lipinski definition) is 3. The van der Waals surface area contributed by atoms with Gasteiger partial charge in [-0.3, -0.25) is 4.79 Å². The van der Waals surface area contributed by atoms with E-state index < -0.39 is 21.5 Å². The molecule has 0 aromatic heterocycles. The second kappa shape index (κ2) is 13.1. The highest BCUT2D eigenvalue weighted by Gasteiger charge is 2.27. The Balaban J connectivity index is 1.25. The Labute approximate surface area is 264 Å². The maximum atomic E-state index is 13.5. The van der Waals surface area contributed by atoms with Crippen LogP contribution < -0.4 is 5.32 Å². The van der Waals surface area contributed by atoms with Crippen molar-refractivity contribution >= 4 is 33.4 Å². The van der Waals surface area contributed by atoms with Gasteiger partial charge in [-0.25, -0.2) is 12.7 Å². The van der Waals surface area contributed by atoms with Crippen LogP contribution in [0.2, 0.25) is 0 Å². The second-order valence-electron chi connectivity index (χ2n) is 12.2. The first kappa shape index (κ1) is 31.6. The molecule has 0 bridgehead atoms. The van der Waals surface area contributed by atoms with Crippen molar-refractivity contribution in [3.63, 3.8) is 0 Å². The molecule has 0 unspecified atom stereocenters. The van der Waals surface area contributed by atoms with Crippen molar-refractivity contribution in [2.75, 3.05) is 18.4 Å². The van der Waals surface area contributed by atoms with Gasteiger partial charge in [-0.15, -0.1) is 0 Å². The van der Waals surface area contributed by atoms with Gasteiger partial charge in [-0.05, 0) is 96.1 Å². The first-order valence-electron chi connectivity index (χ1n) is 14.7. The van der Waals surface area contributed by atoms with Crippen LogP contribution in [0.5, 0.6) is 11.5 Å². The van der Waals surface area contributed by atoms with Crippen LogP contribution in [-0.4, -0.2) is 41.9 Å². The summed E-state index contributed by atoms with van der Waals surface area (Å²) in [7, 11) is -3.80. The predicted molar refractivity (Wildman–Crippen MR) is 175 cm³/mol. The summed E-state index contributed by atoms with van der Waals surface area (Å²) in [5.41, 5.74) is 2.00. The Morgan fingerprint density at radius 2 is 1.55 bits per heavy atom. The molecule has 230 valence electrons. The number of amides is 1. The maximum Gasteiger partial charge on any atom is 0.259 e. The summed E-state index contributed by atoms with van der Waals surface area (Å²) in [4.78, 5) is 14.2. The van der Waals surface area contributed by atoms with Crippen LogP contribution in [0.15, 0.2) is 106 Å². The number of sulfone groups is 1. The van der Waals surface area contributed by atoms with Crippen LogP contribution in [-0.2, 0) is 21.7 Å². The topological polar surface area (TPSA) is 107 Å². The SMILES string of the molecule is CC(C)(C)c1ccccc1S(=O)(=O)c1ccc(NC(=O)c2cc(SN3CCC(Cc4ccccc4)CC3)cc(O)c2O)cc1. The molecule has 0 radical (unpaired) electrons. The van der Waals surface area contributed by atoms with Crippen LogP contribution in [0, 0.1) is 5.92 Å². The van der Waals surface area contributed by atoms with E-state index in [9.17, 15) is 23.4 Å². The van der Waals surface area contributed by atoms with Gasteiger partial charge >= 0.3 is 0 Å². The number of rotatable bonds is 8. The zero-order valence-corrected chi connectivity index (χ0v) is 26.8. The molecule has 0 spiro atoms. The summed E-state index contributed by atoms with van der Waals surface area (Å²) in [5, 5.41) is 23.6. The van der Waals surface area contributed by atoms with Crippen molar-refractivity contribution in [3.05, 3.63) is 108 Å². The Hall–Kier alpha value is -3.79. The van der Waals surface area contributed by atoms with E-state index >= 15 is 0 Å². The third-order valence-electron chi connectivity index (χ3n) is 7.89. The molecular formula is C35H38N2O5S2. The van der Waals surface area contributed by atoms with E-state index in [4.69, 9.17) is 0 Å². The maximum absolute atomic E-state index is 13.5. The molecule has 9 heteroatoms. The lowest BCUT2D eigenvalue weighted by Gasteiger charge is -2.31. The summed E-state index contributed by atoms with van der Waals surface area (Å²) >= 11 is 1.45. The molecule has 5 rings (SSSR count). The number of anilines is 1. The van der Waals surface area contributed by atoms with Crippen molar-refractivity contribution in [3.8, 4) is 11.5 Å². The van der Waals surface area contributed by atoms with Crippen LogP contribution in [0.4, 0.5) is 5.69 Å². The van der Waals surface area contributed by atoms with Crippen molar-refractivity contribution in [2.45, 2.75) is 60.1 Å². The minimum atomic E-state index is -3.80. The van der Waals surface area contributed by atoms with Gasteiger partial charge in [0.1, 0.15) is 0 Å². The standard InChI is InChI=1S/C35H38N2O5S2/c1-35(2,3)30-11-7-8-12-32(30)44(41,42)28-15-13-26(14-16-28)36-34(40)29-22-27(23-31(38)33(29)39)43-37-19-17-25(18-20-37)21-24-9-5-4-6-10-24/h4-16,22-23,25,38-39H,17-21H2,1-3H3,(H,36,40). The number of benzene rings is 4. The van der Waals surface area contributed by atoms with Crippen LogP contribution >= 0.6 is 11.9 Å². The number of hydrogen-bond acceptors (Lipinski definition) is 7. The Kier molecular flexibility index (Phi) is 9.39. The Morgan fingerprint density at radius 1 is 0.909 bits per heavy atom. The quantitative estimate of drug-likeness (QED) is 0.137. The number of nitrogens with one attached hydrogen (secondary N) is 1. The van der Waals surface area contributed by atoms with E-state index in [0.717, 1.165) is 37.9 Å². The fourth-order valence-corrected chi connectivity index (χ4v) is 8.18. The van der Waals surface area contributed by atoms with Gasteiger partial charge in [0.15, 0.2) is 11.5 Å². The number of nitrogens with zero attached hydrogens (tertiary/aromatic N) is 1. The molecule has 44 heavy (non-hydrogen) atoms. The molecule has 1 aliphatic rings. The molecule has 1 aliphatic heterocycles. The lowest BCUT2D eigenvalue weighted by atomic mass is 9.87. The largest absolute Gasteiger partial charge is 0.504 e. The first-order valence-corrected chi connectivity index (χ1v) is 17.0. The van der Waals surface area contributed by atoms with Gasteiger partial charge in [0.25, 0.3) is 5.91 Å². The van der Waals surface area contributed by atoms with Gasteiger partial charge in [-0.1, -0.05) is 69.3 Å². The zero-order valence-electron chi connectivity index (χ0n) is 25.2. The molecule has 4 aromatic rings. The second-order valence-corrected chi connectivity index (χ2v) is 15.3. The molecule has 4 aromatic carbocycles. The van der Waals surface area contributed by atoms with E-state index in [1.807, 2.05) is 39.0 Å². The van der Waals surface area contributed by atoms with Crippen molar-refractivity contribution in [1.82, 2.24) is 4.31 Å². The predicted octanol–water partition coefficient (Wildman–Crippen LogP) is 7.44. The molecule has 1 fully saturated rings. The highest BCUT2D eigenvalue weighted by Crippen LogP contribution is 2.38. The van der Waals surface area contributed by atoms with Crippen LogP contribution in [0.25, 0.3) is 0 Å². The first-order chi connectivity index (χ1) is 20.9. The Morgan fingerprint density at radius 3 is 2.20 bits per heavy atom. The highest BCUT2D eigenvalue weighted by atomic mass is 32.2. The molecular weight excluding hydrogens is 593 g/mol. The summed E-state index contributed by atoms with van der Waals surface area (Å²) in [6.07, 6.45) is 3.15. The minimum absolute atomic E-state index is 0.0673. The van der Waals surface area contributed by atoms with Crippen molar-refractivity contribution < 1.29 is 23.4 Å². The molecule has 1 amide bonds. The van der Waals surface area contributed by atoms with Crippen molar-refractivity contribution in [1.29, 1.82) is 0 Å². The lowest BCUT2D eigenvalue weighted by Crippen LogP contribution is -2.29. The summed E-state index contributed by atoms with van der Waals surface area (Å²) in [6, 6.07) is 26.4. The average molecular weight is 631 g/mol. The van der Waals surface area contributed by atoms with E-state index in [1.54, 1.807) is 18.2 Å². The van der Waals surface area contributed by atoms with E-state index in [1.165, 1.54) is 47.8 Å². The fraction of sp³-hybridized carbons (Fsp3) is 0.286. The van der Waals surface area contributed by atoms with E-state index in [2.05, 4.69) is 33.9 Å². The highest BCUT2D eigenvalue weighted by molar-refractivity contribution is 7.97. The third-order valence-corrected chi connectivity index (χ3v) is 10.8. The molecule has 1 saturated heterocycles. The number of aromatic hydroxyl groups is 2. The number of carbonyl (C=O) groups excluding carboxylic acids is 1. The monoisotopic (exact) mass is 630 g/mol. The normalized spacial score (nSPS) is 14.8. The molecule has 7 nitrogen and oxygen atoms in total. The summed E-state index contributed by atoms with van der Waals surface area (Å²) in [5.74, 6) is -0.890. The lowest BCUT2D eigenvalue weighted by molar-refractivity contribution is 0.102. The van der Waals surface area contributed by atoms with Gasteiger partial charge < -0.3 is 15.5 Å². The van der Waals surface area contributed by atoms with E-state index in [-0.39, 0.29) is 26.5 Å². The molecule has 0 saturated carbocycles. The molecule has 3 N–H and O–H groups in total. The number of phenolic OH excluding ortho intramolecular Hbond substituents is 2. The van der Waals surface area contributed by atoms with Crippen molar-refractivity contribution in [2.24, 2.45) is 5.92 Å². The van der Waals surface area contributed by atoms with Gasteiger partial charge in [-0.2, -0.15) is 0 Å². The fourth-order valence-electron chi connectivity index (χ4n) is 5.48. The number of phenols is 2. The Bertz CT molecular complexity index is 1730. The average Bonchev–Trinajstić information content (AvgIpc) is 3.00. The smallest absolute Gasteiger partial charge is 0.259 e. The number of carbonyl (C=O) groups is 1. The molecule has 0 atom stereocenters.